The van der Waals surface area contributed by atoms with Gasteiger partial charge < -0.3 is 20.5 Å². The van der Waals surface area contributed by atoms with E-state index in [0.29, 0.717) is 13.0 Å². The third-order valence-electron chi connectivity index (χ3n) is 3.12. The third kappa shape index (κ3) is 5.92. The smallest absolute Gasteiger partial charge is 0.326 e. The first kappa shape index (κ1) is 15.8. The van der Waals surface area contributed by atoms with Crippen LogP contribution >= 0.6 is 0 Å². The van der Waals surface area contributed by atoms with Crippen molar-refractivity contribution >= 4 is 12.0 Å². The molecule has 3 atom stereocenters. The lowest BCUT2D eigenvalue weighted by molar-refractivity contribution is -0.139. The van der Waals surface area contributed by atoms with Gasteiger partial charge in [0, 0.05) is 6.54 Å². The number of hydrogen-bond donors (Lipinski definition) is 3. The van der Waals surface area contributed by atoms with Crippen molar-refractivity contribution in [3.8, 4) is 0 Å². The maximum Gasteiger partial charge on any atom is 0.326 e. The number of hydrogen-bond acceptors (Lipinski definition) is 3. The van der Waals surface area contributed by atoms with Crippen LogP contribution in [0.5, 0.6) is 0 Å². The first-order valence-electron chi connectivity index (χ1n) is 6.81. The zero-order valence-corrected chi connectivity index (χ0v) is 11.8. The van der Waals surface area contributed by atoms with Crippen molar-refractivity contribution in [3.05, 3.63) is 0 Å². The number of rotatable bonds is 6. The Morgan fingerprint density at radius 2 is 2.05 bits per heavy atom. The molecule has 19 heavy (non-hydrogen) atoms. The Bertz CT molecular complexity index is 320. The summed E-state index contributed by atoms with van der Waals surface area (Å²) in [4.78, 5) is 22.6. The minimum absolute atomic E-state index is 0.0362. The molecule has 1 heterocycles. The first-order chi connectivity index (χ1) is 8.88. The molecule has 0 spiro atoms. The second kappa shape index (κ2) is 7.33. The highest BCUT2D eigenvalue weighted by atomic mass is 16.5. The summed E-state index contributed by atoms with van der Waals surface area (Å²) in [7, 11) is 0. The van der Waals surface area contributed by atoms with Gasteiger partial charge in [-0.25, -0.2) is 9.59 Å². The molecule has 0 saturated carbocycles. The number of aliphatic carboxylic acids is 1. The van der Waals surface area contributed by atoms with Crippen molar-refractivity contribution in [1.82, 2.24) is 10.6 Å². The van der Waals surface area contributed by atoms with Crippen LogP contribution in [0.2, 0.25) is 0 Å². The largest absolute Gasteiger partial charge is 0.480 e. The van der Waals surface area contributed by atoms with Crippen LogP contribution in [0.25, 0.3) is 0 Å². The molecule has 6 nitrogen and oxygen atoms in total. The van der Waals surface area contributed by atoms with Gasteiger partial charge in [-0.3, -0.25) is 0 Å². The Hall–Kier alpha value is -1.30. The molecule has 2 amide bonds. The zero-order valence-electron chi connectivity index (χ0n) is 11.8. The van der Waals surface area contributed by atoms with Gasteiger partial charge in [0.2, 0.25) is 0 Å². The van der Waals surface area contributed by atoms with Gasteiger partial charge in [0.05, 0.1) is 12.2 Å². The Balaban J connectivity index is 2.30. The van der Waals surface area contributed by atoms with Gasteiger partial charge in [0.1, 0.15) is 6.04 Å². The van der Waals surface area contributed by atoms with Crippen LogP contribution in [0.3, 0.4) is 0 Å². The van der Waals surface area contributed by atoms with Gasteiger partial charge in [-0.15, -0.1) is 0 Å². The first-order valence-corrected chi connectivity index (χ1v) is 6.81. The molecule has 110 valence electrons. The molecule has 0 aromatic heterocycles. The van der Waals surface area contributed by atoms with Crippen LogP contribution in [0.4, 0.5) is 4.79 Å². The molecule has 0 aromatic carbocycles. The van der Waals surface area contributed by atoms with Crippen LogP contribution < -0.4 is 10.6 Å². The Labute approximate surface area is 113 Å². The Morgan fingerprint density at radius 1 is 1.37 bits per heavy atom. The molecule has 1 aliphatic rings. The van der Waals surface area contributed by atoms with E-state index in [9.17, 15) is 9.59 Å². The lowest BCUT2D eigenvalue weighted by Crippen LogP contribution is -2.48. The molecule has 0 radical (unpaired) electrons. The predicted octanol–water partition coefficient (Wildman–Crippen LogP) is 1.35. The number of carbonyl (C=O) groups is 2. The number of urea groups is 1. The maximum absolute atomic E-state index is 11.6. The molecule has 1 fully saturated rings. The van der Waals surface area contributed by atoms with E-state index in [4.69, 9.17) is 9.84 Å². The number of amides is 2. The highest BCUT2D eigenvalue weighted by Crippen LogP contribution is 2.18. The fourth-order valence-electron chi connectivity index (χ4n) is 2.14. The lowest BCUT2D eigenvalue weighted by Gasteiger charge is -2.18. The van der Waals surface area contributed by atoms with Crippen molar-refractivity contribution in [2.75, 3.05) is 6.54 Å². The van der Waals surface area contributed by atoms with E-state index in [0.717, 1.165) is 12.8 Å². The summed E-state index contributed by atoms with van der Waals surface area (Å²) in [6.45, 7) is 6.26. The van der Waals surface area contributed by atoms with Crippen LogP contribution in [-0.4, -0.2) is 41.9 Å². The number of carboxylic acid groups (broad SMARTS) is 1. The third-order valence-corrected chi connectivity index (χ3v) is 3.12. The summed E-state index contributed by atoms with van der Waals surface area (Å²) in [5.41, 5.74) is 0. The molecule has 0 bridgehead atoms. The van der Waals surface area contributed by atoms with Gasteiger partial charge in [0.15, 0.2) is 0 Å². The molecule has 1 aliphatic heterocycles. The highest BCUT2D eigenvalue weighted by molar-refractivity contribution is 5.82. The lowest BCUT2D eigenvalue weighted by atomic mass is 10.0. The average molecular weight is 272 g/mol. The molecular weight excluding hydrogens is 248 g/mol. The van der Waals surface area contributed by atoms with Crippen LogP contribution in [0, 0.1) is 5.92 Å². The molecular formula is C13H24N2O4. The van der Waals surface area contributed by atoms with E-state index in [1.807, 2.05) is 20.8 Å². The van der Waals surface area contributed by atoms with E-state index >= 15 is 0 Å². The maximum atomic E-state index is 11.6. The molecule has 3 N–H and O–H groups in total. The summed E-state index contributed by atoms with van der Waals surface area (Å²) >= 11 is 0. The van der Waals surface area contributed by atoms with Gasteiger partial charge >= 0.3 is 12.0 Å². The number of carbonyl (C=O) groups excluding carboxylic acids is 1. The van der Waals surface area contributed by atoms with E-state index < -0.39 is 18.0 Å². The number of ether oxygens (including phenoxy) is 1. The second-order valence-electron chi connectivity index (χ2n) is 5.52. The molecule has 0 aliphatic carbocycles. The normalized spacial score (nSPS) is 24.2. The van der Waals surface area contributed by atoms with E-state index in [1.54, 1.807) is 0 Å². The van der Waals surface area contributed by atoms with Crippen LogP contribution in [0.15, 0.2) is 0 Å². The van der Waals surface area contributed by atoms with Crippen molar-refractivity contribution in [3.63, 3.8) is 0 Å². The van der Waals surface area contributed by atoms with E-state index in [-0.39, 0.29) is 18.1 Å². The topological polar surface area (TPSA) is 87.7 Å². The van der Waals surface area contributed by atoms with E-state index in [1.165, 1.54) is 0 Å². The fraction of sp³-hybridized carbons (Fsp3) is 0.846. The zero-order chi connectivity index (χ0) is 14.4. The monoisotopic (exact) mass is 272 g/mol. The molecule has 0 aromatic rings. The van der Waals surface area contributed by atoms with Crippen molar-refractivity contribution in [2.24, 2.45) is 5.92 Å². The van der Waals surface area contributed by atoms with Crippen LogP contribution in [-0.2, 0) is 9.53 Å². The Morgan fingerprint density at radius 3 is 2.53 bits per heavy atom. The average Bonchev–Trinajstić information content (AvgIpc) is 2.71. The van der Waals surface area contributed by atoms with Crippen molar-refractivity contribution in [1.29, 1.82) is 0 Å². The SMILES string of the molecule is CC(C)CC(NC(=O)NCC1CCC(C)O1)C(=O)O. The Kier molecular flexibility index (Phi) is 6.08. The molecule has 1 saturated heterocycles. The quantitative estimate of drug-likeness (QED) is 0.681. The summed E-state index contributed by atoms with van der Waals surface area (Å²) in [5.74, 6) is -0.796. The summed E-state index contributed by atoms with van der Waals surface area (Å²) in [6.07, 6.45) is 2.62. The molecule has 3 unspecified atom stereocenters. The number of nitrogens with one attached hydrogen (secondary N) is 2. The minimum atomic E-state index is -1.01. The molecule has 6 heteroatoms. The minimum Gasteiger partial charge on any atom is -0.480 e. The van der Waals surface area contributed by atoms with Crippen LogP contribution in [0.1, 0.15) is 40.0 Å². The van der Waals surface area contributed by atoms with Crippen molar-refractivity contribution < 1.29 is 19.4 Å². The predicted molar refractivity (Wildman–Crippen MR) is 71.0 cm³/mol. The number of carboxylic acids is 1. The summed E-state index contributed by atoms with van der Waals surface area (Å²) in [6, 6.07) is -1.29. The van der Waals surface area contributed by atoms with Gasteiger partial charge in [-0.05, 0) is 32.1 Å². The summed E-state index contributed by atoms with van der Waals surface area (Å²) in [5, 5.41) is 14.2. The van der Waals surface area contributed by atoms with Crippen molar-refractivity contribution in [2.45, 2.75) is 58.3 Å². The molecule has 1 rings (SSSR count). The fourth-order valence-corrected chi connectivity index (χ4v) is 2.14. The van der Waals surface area contributed by atoms with Gasteiger partial charge in [-0.1, -0.05) is 13.8 Å². The standard InChI is InChI=1S/C13H24N2O4/c1-8(2)6-11(12(16)17)15-13(18)14-7-10-5-4-9(3)19-10/h8-11H,4-7H2,1-3H3,(H,16,17)(H2,14,15,18). The summed E-state index contributed by atoms with van der Waals surface area (Å²) < 4.78 is 5.57. The van der Waals surface area contributed by atoms with Gasteiger partial charge in [0.25, 0.3) is 0 Å². The van der Waals surface area contributed by atoms with Gasteiger partial charge in [-0.2, -0.15) is 0 Å². The highest BCUT2D eigenvalue weighted by Gasteiger charge is 2.24. The second-order valence-corrected chi connectivity index (χ2v) is 5.52. The van der Waals surface area contributed by atoms with E-state index in [2.05, 4.69) is 10.6 Å².